The zero-order valence-corrected chi connectivity index (χ0v) is 18.4. The van der Waals surface area contributed by atoms with Crippen molar-refractivity contribution in [3.8, 4) is 0 Å². The quantitative estimate of drug-likeness (QED) is 0.369. The number of para-hydroxylation sites is 2. The minimum Gasteiger partial charge on any atom is -0.345 e. The molecule has 1 aliphatic rings. The molecule has 2 aromatic carbocycles. The third-order valence-electron chi connectivity index (χ3n) is 7.13. The van der Waals surface area contributed by atoms with Gasteiger partial charge in [-0.25, -0.2) is 9.97 Å². The highest BCUT2D eigenvalue weighted by Crippen LogP contribution is 2.51. The van der Waals surface area contributed by atoms with Gasteiger partial charge in [0.15, 0.2) is 11.3 Å². The Balaban J connectivity index is 1.45. The van der Waals surface area contributed by atoms with Gasteiger partial charge in [-0.05, 0) is 56.0 Å². The molecule has 3 aromatic heterocycles. The molecule has 160 valence electrons. The van der Waals surface area contributed by atoms with E-state index in [9.17, 15) is 0 Å². The van der Waals surface area contributed by atoms with Gasteiger partial charge in [-0.2, -0.15) is 0 Å². The van der Waals surface area contributed by atoms with Crippen LogP contribution in [0.3, 0.4) is 0 Å². The summed E-state index contributed by atoms with van der Waals surface area (Å²) < 4.78 is 2.29. The van der Waals surface area contributed by atoms with Crippen LogP contribution in [0.1, 0.15) is 38.3 Å². The largest absolute Gasteiger partial charge is 0.345 e. The number of fused-ring (bicyclic) bond motifs is 3. The Hall–Kier alpha value is -3.60. The highest BCUT2D eigenvalue weighted by molar-refractivity contribution is 5.75. The van der Waals surface area contributed by atoms with Crippen molar-refractivity contribution in [1.82, 2.24) is 19.4 Å². The second-order valence-electron chi connectivity index (χ2n) is 9.34. The maximum Gasteiger partial charge on any atom is 0.156 e. The Labute approximate surface area is 187 Å². The van der Waals surface area contributed by atoms with E-state index in [1.807, 2.05) is 12.4 Å². The molecule has 0 unspecified atom stereocenters. The number of H-pyrrole nitrogens is 1. The van der Waals surface area contributed by atoms with E-state index in [0.717, 1.165) is 29.7 Å². The molecule has 1 fully saturated rings. The molecule has 5 aromatic rings. The highest BCUT2D eigenvalue weighted by Gasteiger charge is 2.46. The molecule has 0 spiro atoms. The third kappa shape index (κ3) is 2.92. The number of aromatic nitrogens is 4. The Morgan fingerprint density at radius 3 is 2.28 bits per heavy atom. The Morgan fingerprint density at radius 2 is 1.59 bits per heavy atom. The van der Waals surface area contributed by atoms with Gasteiger partial charge in [0.1, 0.15) is 0 Å². The monoisotopic (exact) mass is 421 g/mol. The van der Waals surface area contributed by atoms with Gasteiger partial charge in [-0.3, -0.25) is 4.40 Å². The van der Waals surface area contributed by atoms with E-state index in [1.165, 1.54) is 17.1 Å². The lowest BCUT2D eigenvalue weighted by molar-refractivity contribution is 0.453. The minimum absolute atomic E-state index is 0.0127. The van der Waals surface area contributed by atoms with Crippen molar-refractivity contribution in [3.63, 3.8) is 0 Å². The second-order valence-corrected chi connectivity index (χ2v) is 9.34. The van der Waals surface area contributed by atoms with Crippen molar-refractivity contribution in [1.29, 1.82) is 0 Å². The number of hydrogen-bond donors (Lipinski definition) is 1. The van der Waals surface area contributed by atoms with Gasteiger partial charge in [0.25, 0.3) is 0 Å². The maximum atomic E-state index is 4.71. The standard InChI is InChI=1S/C27H27N5/c1-19-15-27(2,32(20-9-5-3-6-10-20)21-11-7-4-8-12-21)16-22(19)24-17-29-25-18-30-26-23(31(24)25)13-14-28-26/h3-14,17-19,22,28H,15-16H2,1-2H3/t19-,22+,27+/m1/s1. The summed E-state index contributed by atoms with van der Waals surface area (Å²) in [6.45, 7) is 4.80. The topological polar surface area (TPSA) is 49.2 Å². The summed E-state index contributed by atoms with van der Waals surface area (Å²) >= 11 is 0. The summed E-state index contributed by atoms with van der Waals surface area (Å²) in [5.41, 5.74) is 6.66. The lowest BCUT2D eigenvalue weighted by Gasteiger charge is -2.41. The Morgan fingerprint density at radius 1 is 0.906 bits per heavy atom. The molecule has 0 aliphatic heterocycles. The minimum atomic E-state index is -0.0127. The number of nitrogens with zero attached hydrogens (tertiary/aromatic N) is 4. The van der Waals surface area contributed by atoms with E-state index < -0.39 is 0 Å². The molecular formula is C27H27N5. The average molecular weight is 422 g/mol. The lowest BCUT2D eigenvalue weighted by Crippen LogP contribution is -2.41. The van der Waals surface area contributed by atoms with Gasteiger partial charge in [-0.1, -0.05) is 43.3 Å². The predicted molar refractivity (Wildman–Crippen MR) is 129 cm³/mol. The summed E-state index contributed by atoms with van der Waals surface area (Å²) in [4.78, 5) is 15.0. The fourth-order valence-corrected chi connectivity index (χ4v) is 5.85. The molecular weight excluding hydrogens is 394 g/mol. The Kier molecular flexibility index (Phi) is 4.32. The van der Waals surface area contributed by atoms with Crippen molar-refractivity contribution in [2.45, 2.75) is 38.1 Å². The van der Waals surface area contributed by atoms with Crippen molar-refractivity contribution in [2.24, 2.45) is 5.92 Å². The SMILES string of the molecule is C[C@@H]1C[C@](C)(N(c2ccccc2)c2ccccc2)C[C@@H]1c1cnc2cnc3[nH]ccc3n12. The smallest absolute Gasteiger partial charge is 0.156 e. The van der Waals surface area contributed by atoms with Gasteiger partial charge in [0, 0.05) is 40.9 Å². The summed E-state index contributed by atoms with van der Waals surface area (Å²) in [5.74, 6) is 0.933. The van der Waals surface area contributed by atoms with Crippen molar-refractivity contribution in [2.75, 3.05) is 4.90 Å². The number of hydrogen-bond acceptors (Lipinski definition) is 3. The van der Waals surface area contributed by atoms with Gasteiger partial charge in [0.05, 0.1) is 11.7 Å². The van der Waals surface area contributed by atoms with Crippen LogP contribution in [-0.4, -0.2) is 24.9 Å². The zero-order chi connectivity index (χ0) is 21.7. The fourth-order valence-electron chi connectivity index (χ4n) is 5.85. The Bertz CT molecular complexity index is 1330. The summed E-state index contributed by atoms with van der Waals surface area (Å²) in [7, 11) is 0. The summed E-state index contributed by atoms with van der Waals surface area (Å²) in [6, 6.07) is 23.7. The molecule has 0 amide bonds. The first kappa shape index (κ1) is 19.1. The molecule has 0 bridgehead atoms. The van der Waals surface area contributed by atoms with E-state index >= 15 is 0 Å². The third-order valence-corrected chi connectivity index (χ3v) is 7.13. The first-order valence-electron chi connectivity index (χ1n) is 11.3. The normalized spacial score (nSPS) is 23.2. The molecule has 0 radical (unpaired) electrons. The molecule has 6 rings (SSSR count). The number of benzene rings is 2. The van der Waals surface area contributed by atoms with Crippen LogP contribution in [0.2, 0.25) is 0 Å². The van der Waals surface area contributed by atoms with Gasteiger partial charge in [0.2, 0.25) is 0 Å². The van der Waals surface area contributed by atoms with Gasteiger partial charge < -0.3 is 9.88 Å². The molecule has 0 saturated heterocycles. The van der Waals surface area contributed by atoms with E-state index in [2.05, 4.69) is 106 Å². The number of nitrogens with one attached hydrogen (secondary N) is 1. The molecule has 32 heavy (non-hydrogen) atoms. The number of rotatable bonds is 4. The van der Waals surface area contributed by atoms with E-state index in [4.69, 9.17) is 4.98 Å². The van der Waals surface area contributed by atoms with Gasteiger partial charge in [-0.15, -0.1) is 0 Å². The van der Waals surface area contributed by atoms with Crippen molar-refractivity contribution >= 4 is 28.2 Å². The fraction of sp³-hybridized carbons (Fsp3) is 0.259. The van der Waals surface area contributed by atoms with E-state index in [0.29, 0.717) is 11.8 Å². The molecule has 3 heterocycles. The molecule has 1 aliphatic carbocycles. The molecule has 1 N–H and O–H groups in total. The van der Waals surface area contributed by atoms with Crippen molar-refractivity contribution < 1.29 is 0 Å². The summed E-state index contributed by atoms with van der Waals surface area (Å²) in [6.07, 6.45) is 8.04. The van der Waals surface area contributed by atoms with Crippen LogP contribution in [0, 0.1) is 5.92 Å². The van der Waals surface area contributed by atoms with Crippen molar-refractivity contribution in [3.05, 3.63) is 91.0 Å². The van der Waals surface area contributed by atoms with Gasteiger partial charge >= 0.3 is 0 Å². The summed E-state index contributed by atoms with van der Waals surface area (Å²) in [5, 5.41) is 0. The van der Waals surface area contributed by atoms with Crippen LogP contribution in [0.25, 0.3) is 16.8 Å². The average Bonchev–Trinajstić information content (AvgIpc) is 3.52. The first-order chi connectivity index (χ1) is 15.6. The maximum absolute atomic E-state index is 4.71. The van der Waals surface area contributed by atoms with E-state index in [1.54, 1.807) is 0 Å². The van der Waals surface area contributed by atoms with Crippen LogP contribution in [0.5, 0.6) is 0 Å². The van der Waals surface area contributed by atoms with Crippen LogP contribution in [0.15, 0.2) is 85.3 Å². The molecule has 3 atom stereocenters. The lowest BCUT2D eigenvalue weighted by atomic mass is 9.93. The highest BCUT2D eigenvalue weighted by atomic mass is 15.2. The van der Waals surface area contributed by atoms with Crippen LogP contribution < -0.4 is 4.90 Å². The zero-order valence-electron chi connectivity index (χ0n) is 18.4. The van der Waals surface area contributed by atoms with Crippen LogP contribution >= 0.6 is 0 Å². The van der Waals surface area contributed by atoms with E-state index in [-0.39, 0.29) is 5.54 Å². The number of imidazole rings is 1. The second kappa shape index (κ2) is 7.23. The predicted octanol–water partition coefficient (Wildman–Crippen LogP) is 6.32. The molecule has 5 heteroatoms. The molecule has 5 nitrogen and oxygen atoms in total. The van der Waals surface area contributed by atoms with Crippen LogP contribution in [0.4, 0.5) is 11.4 Å². The number of anilines is 2. The molecule has 1 saturated carbocycles. The number of aromatic amines is 1. The van der Waals surface area contributed by atoms with Crippen LogP contribution in [-0.2, 0) is 0 Å². The first-order valence-corrected chi connectivity index (χ1v) is 11.3.